The summed E-state index contributed by atoms with van der Waals surface area (Å²) in [6.45, 7) is 3.93. The first kappa shape index (κ1) is 13.9. The molecule has 5 heteroatoms. The summed E-state index contributed by atoms with van der Waals surface area (Å²) in [5, 5.41) is 17.5. The van der Waals surface area contributed by atoms with E-state index in [9.17, 15) is 5.11 Å². The highest BCUT2D eigenvalue weighted by molar-refractivity contribution is 6.33. The van der Waals surface area contributed by atoms with Crippen LogP contribution in [-0.2, 0) is 0 Å². The lowest BCUT2D eigenvalue weighted by Gasteiger charge is -2.21. The summed E-state index contributed by atoms with van der Waals surface area (Å²) in [6.07, 6.45) is 0. The van der Waals surface area contributed by atoms with Gasteiger partial charge in [0.05, 0.1) is 22.5 Å². The Hall–Kier alpha value is -1.52. The molecule has 102 valence electrons. The first-order chi connectivity index (χ1) is 8.92. The molecule has 0 bridgehead atoms. The van der Waals surface area contributed by atoms with Crippen LogP contribution in [0.2, 0.25) is 5.15 Å². The predicted molar refractivity (Wildman–Crippen MR) is 81.1 cm³/mol. The molecule has 0 aliphatic carbocycles. The summed E-state index contributed by atoms with van der Waals surface area (Å²) in [7, 11) is 1.80. The second-order valence-corrected chi connectivity index (χ2v) is 5.44. The molecule has 0 aliphatic heterocycles. The number of rotatable bonds is 4. The van der Waals surface area contributed by atoms with Gasteiger partial charge >= 0.3 is 0 Å². The fraction of sp³-hybridized carbons (Fsp3) is 0.357. The lowest BCUT2D eigenvalue weighted by molar-refractivity contribution is 0.0946. The van der Waals surface area contributed by atoms with Crippen LogP contribution in [0, 0.1) is 0 Å². The van der Waals surface area contributed by atoms with Crippen molar-refractivity contribution in [1.29, 1.82) is 0 Å². The molecule has 0 fully saturated rings. The summed E-state index contributed by atoms with van der Waals surface area (Å²) < 4.78 is 0. The second-order valence-electron chi connectivity index (χ2n) is 5.09. The summed E-state index contributed by atoms with van der Waals surface area (Å²) in [5.41, 5.74) is 1.62. The number of nitrogens with zero attached hydrogens (tertiary/aromatic N) is 1. The van der Waals surface area contributed by atoms with Crippen LogP contribution in [0.1, 0.15) is 13.8 Å². The maximum atomic E-state index is 9.85. The monoisotopic (exact) mass is 279 g/mol. The van der Waals surface area contributed by atoms with E-state index in [1.54, 1.807) is 20.9 Å². The SMILES string of the molecule is CNc1c(Cl)nc2ccccc2c1NCC(C)(C)O. The average molecular weight is 280 g/mol. The minimum Gasteiger partial charge on any atom is -0.389 e. The van der Waals surface area contributed by atoms with Gasteiger partial charge in [0.2, 0.25) is 0 Å². The number of nitrogens with one attached hydrogen (secondary N) is 2. The molecule has 0 radical (unpaired) electrons. The Morgan fingerprint density at radius 1 is 1.26 bits per heavy atom. The third-order valence-corrected chi connectivity index (χ3v) is 3.07. The Balaban J connectivity index is 2.54. The molecule has 2 aromatic rings. The molecule has 3 N–H and O–H groups in total. The van der Waals surface area contributed by atoms with Crippen LogP contribution in [-0.4, -0.2) is 29.3 Å². The first-order valence-electron chi connectivity index (χ1n) is 6.14. The average Bonchev–Trinajstić information content (AvgIpc) is 2.34. The molecule has 0 spiro atoms. The minimum absolute atomic E-state index is 0.416. The van der Waals surface area contributed by atoms with Gasteiger partial charge in [-0.05, 0) is 19.9 Å². The van der Waals surface area contributed by atoms with Crippen LogP contribution in [0.15, 0.2) is 24.3 Å². The summed E-state index contributed by atoms with van der Waals surface area (Å²) in [6, 6.07) is 7.76. The van der Waals surface area contributed by atoms with Crippen LogP contribution in [0.3, 0.4) is 0 Å². The van der Waals surface area contributed by atoms with E-state index < -0.39 is 5.60 Å². The van der Waals surface area contributed by atoms with Crippen molar-refractivity contribution in [2.45, 2.75) is 19.4 Å². The van der Waals surface area contributed by atoms with Crippen molar-refractivity contribution < 1.29 is 5.11 Å². The van der Waals surface area contributed by atoms with Gasteiger partial charge in [-0.1, -0.05) is 29.8 Å². The highest BCUT2D eigenvalue weighted by Crippen LogP contribution is 2.35. The third-order valence-electron chi connectivity index (χ3n) is 2.80. The molecule has 1 aromatic carbocycles. The molecule has 0 aliphatic rings. The van der Waals surface area contributed by atoms with E-state index in [-0.39, 0.29) is 0 Å². The maximum Gasteiger partial charge on any atom is 0.154 e. The van der Waals surface area contributed by atoms with Gasteiger partial charge in [0.25, 0.3) is 0 Å². The fourth-order valence-corrected chi connectivity index (χ4v) is 2.18. The number of anilines is 2. The van der Waals surface area contributed by atoms with Crippen molar-refractivity contribution in [3.8, 4) is 0 Å². The normalized spacial score (nSPS) is 11.6. The van der Waals surface area contributed by atoms with Gasteiger partial charge in [-0.15, -0.1) is 0 Å². The molecule has 0 amide bonds. The van der Waals surface area contributed by atoms with Gasteiger partial charge in [0.15, 0.2) is 5.15 Å². The van der Waals surface area contributed by atoms with Gasteiger partial charge in [-0.3, -0.25) is 0 Å². The molecular formula is C14H18ClN3O. The lowest BCUT2D eigenvalue weighted by Crippen LogP contribution is -2.29. The van der Waals surface area contributed by atoms with Crippen LogP contribution >= 0.6 is 11.6 Å². The lowest BCUT2D eigenvalue weighted by atomic mass is 10.1. The van der Waals surface area contributed by atoms with Crippen molar-refractivity contribution in [1.82, 2.24) is 4.98 Å². The Bertz CT molecular complexity index is 593. The Kier molecular flexibility index (Phi) is 3.83. The quantitative estimate of drug-likeness (QED) is 0.753. The molecular weight excluding hydrogens is 262 g/mol. The number of pyridine rings is 1. The van der Waals surface area contributed by atoms with Gasteiger partial charge in [-0.25, -0.2) is 4.98 Å². The molecule has 0 saturated carbocycles. The van der Waals surface area contributed by atoms with Crippen molar-refractivity contribution >= 4 is 33.9 Å². The zero-order valence-electron chi connectivity index (χ0n) is 11.3. The van der Waals surface area contributed by atoms with Crippen molar-refractivity contribution in [2.24, 2.45) is 0 Å². The van der Waals surface area contributed by atoms with E-state index in [1.807, 2.05) is 24.3 Å². The van der Waals surface area contributed by atoms with E-state index in [0.717, 1.165) is 22.3 Å². The largest absolute Gasteiger partial charge is 0.389 e. The third kappa shape index (κ3) is 3.08. The van der Waals surface area contributed by atoms with Crippen molar-refractivity contribution in [2.75, 3.05) is 24.2 Å². The standard InChI is InChI=1S/C14H18ClN3O/c1-14(2,19)8-17-11-9-6-4-5-7-10(9)18-13(15)12(11)16-3/h4-7,16,19H,8H2,1-3H3,(H,17,18). The summed E-state index contributed by atoms with van der Waals surface area (Å²) in [5.74, 6) is 0. The number of hydrogen-bond acceptors (Lipinski definition) is 4. The van der Waals surface area contributed by atoms with E-state index in [2.05, 4.69) is 15.6 Å². The van der Waals surface area contributed by atoms with Crippen LogP contribution in [0.5, 0.6) is 0 Å². The predicted octanol–water partition coefficient (Wildman–Crippen LogP) is 3.11. The van der Waals surface area contributed by atoms with Crippen LogP contribution in [0.4, 0.5) is 11.4 Å². The van der Waals surface area contributed by atoms with Crippen LogP contribution in [0.25, 0.3) is 10.9 Å². The molecule has 4 nitrogen and oxygen atoms in total. The highest BCUT2D eigenvalue weighted by atomic mass is 35.5. The number of fused-ring (bicyclic) bond motifs is 1. The number of aliphatic hydroxyl groups is 1. The van der Waals surface area contributed by atoms with E-state index in [4.69, 9.17) is 11.6 Å². The molecule has 1 aromatic heterocycles. The van der Waals surface area contributed by atoms with Gasteiger partial charge in [-0.2, -0.15) is 0 Å². The van der Waals surface area contributed by atoms with E-state index >= 15 is 0 Å². The summed E-state index contributed by atoms with van der Waals surface area (Å²) >= 11 is 6.18. The Labute approximate surface area is 117 Å². The molecule has 0 unspecified atom stereocenters. The van der Waals surface area contributed by atoms with Crippen molar-refractivity contribution in [3.05, 3.63) is 29.4 Å². The summed E-state index contributed by atoms with van der Waals surface area (Å²) in [4.78, 5) is 4.35. The zero-order valence-corrected chi connectivity index (χ0v) is 12.0. The minimum atomic E-state index is -0.804. The smallest absolute Gasteiger partial charge is 0.154 e. The van der Waals surface area contributed by atoms with Gasteiger partial charge in [0.1, 0.15) is 0 Å². The second kappa shape index (κ2) is 5.23. The highest BCUT2D eigenvalue weighted by Gasteiger charge is 2.16. The molecule has 1 heterocycles. The topological polar surface area (TPSA) is 57.2 Å². The Morgan fingerprint density at radius 3 is 2.58 bits per heavy atom. The number of aromatic nitrogens is 1. The molecule has 2 rings (SSSR count). The zero-order chi connectivity index (χ0) is 14.0. The number of hydrogen-bond donors (Lipinski definition) is 3. The number of para-hydroxylation sites is 1. The molecule has 19 heavy (non-hydrogen) atoms. The first-order valence-corrected chi connectivity index (χ1v) is 6.52. The number of halogens is 1. The molecule has 0 atom stereocenters. The van der Waals surface area contributed by atoms with Crippen LogP contribution < -0.4 is 10.6 Å². The van der Waals surface area contributed by atoms with Gasteiger partial charge in [0, 0.05) is 19.0 Å². The fourth-order valence-electron chi connectivity index (χ4n) is 1.90. The van der Waals surface area contributed by atoms with Crippen molar-refractivity contribution in [3.63, 3.8) is 0 Å². The van der Waals surface area contributed by atoms with Gasteiger partial charge < -0.3 is 15.7 Å². The van der Waals surface area contributed by atoms with E-state index in [0.29, 0.717) is 11.7 Å². The molecule has 0 saturated heterocycles. The van der Waals surface area contributed by atoms with E-state index in [1.165, 1.54) is 0 Å². The Morgan fingerprint density at radius 2 is 1.95 bits per heavy atom. The maximum absolute atomic E-state index is 9.85. The number of benzene rings is 1.